The first-order valence-electron chi connectivity index (χ1n) is 6.18. The Labute approximate surface area is 115 Å². The highest BCUT2D eigenvalue weighted by Crippen LogP contribution is 2.25. The van der Waals surface area contributed by atoms with Crippen molar-refractivity contribution in [3.63, 3.8) is 0 Å². The molecular weight excluding hydrogens is 266 g/mol. The standard InChI is InChI=1S/C13H16F2N4O/c1-8(13-9(14)4-3-5-10(13)15)19(2)7-11-17-12(6-16)20-18-11/h3-5,8H,6-7,16H2,1-2H3. The van der Waals surface area contributed by atoms with Crippen molar-refractivity contribution in [3.8, 4) is 0 Å². The van der Waals surface area contributed by atoms with Gasteiger partial charge < -0.3 is 10.3 Å². The Bertz CT molecular complexity index is 567. The maximum absolute atomic E-state index is 13.7. The highest BCUT2D eigenvalue weighted by Gasteiger charge is 2.21. The summed E-state index contributed by atoms with van der Waals surface area (Å²) >= 11 is 0. The van der Waals surface area contributed by atoms with Crippen LogP contribution in [0.5, 0.6) is 0 Å². The molecule has 20 heavy (non-hydrogen) atoms. The van der Waals surface area contributed by atoms with Crippen LogP contribution in [-0.2, 0) is 13.1 Å². The van der Waals surface area contributed by atoms with E-state index in [1.165, 1.54) is 18.2 Å². The molecule has 0 bridgehead atoms. The molecule has 0 saturated heterocycles. The van der Waals surface area contributed by atoms with Gasteiger partial charge in [0.15, 0.2) is 5.82 Å². The predicted molar refractivity (Wildman–Crippen MR) is 68.4 cm³/mol. The zero-order chi connectivity index (χ0) is 14.7. The molecule has 0 radical (unpaired) electrons. The minimum atomic E-state index is -0.569. The van der Waals surface area contributed by atoms with Crippen molar-refractivity contribution in [2.45, 2.75) is 26.1 Å². The molecule has 0 amide bonds. The van der Waals surface area contributed by atoms with Crippen LogP contribution in [0.15, 0.2) is 22.7 Å². The van der Waals surface area contributed by atoms with Crippen molar-refractivity contribution in [1.29, 1.82) is 0 Å². The average Bonchev–Trinajstić information content (AvgIpc) is 2.86. The largest absolute Gasteiger partial charge is 0.338 e. The van der Waals surface area contributed by atoms with Crippen molar-refractivity contribution in [2.24, 2.45) is 5.73 Å². The molecule has 0 fully saturated rings. The van der Waals surface area contributed by atoms with Crippen molar-refractivity contribution in [1.82, 2.24) is 15.0 Å². The van der Waals surface area contributed by atoms with E-state index in [1.807, 2.05) is 0 Å². The van der Waals surface area contributed by atoms with E-state index in [0.717, 1.165) is 0 Å². The van der Waals surface area contributed by atoms with Crippen LogP contribution in [0, 0.1) is 11.6 Å². The molecule has 0 aliphatic heterocycles. The van der Waals surface area contributed by atoms with Gasteiger partial charge in [-0.3, -0.25) is 4.90 Å². The first-order chi connectivity index (χ1) is 9.52. The zero-order valence-electron chi connectivity index (χ0n) is 11.3. The monoisotopic (exact) mass is 282 g/mol. The third-order valence-corrected chi connectivity index (χ3v) is 3.15. The van der Waals surface area contributed by atoms with Gasteiger partial charge in [-0.2, -0.15) is 4.98 Å². The summed E-state index contributed by atoms with van der Waals surface area (Å²) < 4.78 is 32.3. The van der Waals surface area contributed by atoms with Gasteiger partial charge in [0, 0.05) is 11.6 Å². The SMILES string of the molecule is CC(c1c(F)cccc1F)N(C)Cc1noc(CN)n1. The second-order valence-electron chi connectivity index (χ2n) is 4.53. The fourth-order valence-corrected chi connectivity index (χ4v) is 1.93. The Morgan fingerprint density at radius 3 is 2.55 bits per heavy atom. The first-order valence-corrected chi connectivity index (χ1v) is 6.18. The molecule has 5 nitrogen and oxygen atoms in total. The molecule has 2 rings (SSSR count). The number of halogens is 2. The Morgan fingerprint density at radius 2 is 2.00 bits per heavy atom. The van der Waals surface area contributed by atoms with E-state index in [-0.39, 0.29) is 12.1 Å². The van der Waals surface area contributed by atoms with E-state index in [2.05, 4.69) is 10.1 Å². The number of aromatic nitrogens is 2. The topological polar surface area (TPSA) is 68.2 Å². The quantitative estimate of drug-likeness (QED) is 0.908. The van der Waals surface area contributed by atoms with Crippen LogP contribution in [0.25, 0.3) is 0 Å². The van der Waals surface area contributed by atoms with Crippen LogP contribution < -0.4 is 5.73 Å². The minimum Gasteiger partial charge on any atom is -0.338 e. The Balaban J connectivity index is 2.14. The molecule has 1 aromatic heterocycles. The van der Waals surface area contributed by atoms with Gasteiger partial charge in [0.2, 0.25) is 5.89 Å². The van der Waals surface area contributed by atoms with Crippen molar-refractivity contribution in [2.75, 3.05) is 7.05 Å². The Kier molecular flexibility index (Phi) is 4.41. The van der Waals surface area contributed by atoms with Gasteiger partial charge in [-0.1, -0.05) is 11.2 Å². The van der Waals surface area contributed by atoms with E-state index < -0.39 is 17.7 Å². The molecule has 7 heteroatoms. The molecule has 1 unspecified atom stereocenters. The normalized spacial score (nSPS) is 12.9. The minimum absolute atomic E-state index is 0.0255. The average molecular weight is 282 g/mol. The number of benzene rings is 1. The van der Waals surface area contributed by atoms with Gasteiger partial charge in [0.25, 0.3) is 0 Å². The number of nitrogens with two attached hydrogens (primary N) is 1. The molecule has 2 N–H and O–H groups in total. The van der Waals surface area contributed by atoms with Crippen LogP contribution in [-0.4, -0.2) is 22.1 Å². The van der Waals surface area contributed by atoms with Gasteiger partial charge in [-0.05, 0) is 26.1 Å². The van der Waals surface area contributed by atoms with Crippen LogP contribution >= 0.6 is 0 Å². The number of hydrogen-bond donors (Lipinski definition) is 1. The molecule has 108 valence electrons. The molecule has 0 aliphatic carbocycles. The van der Waals surface area contributed by atoms with Crippen LogP contribution in [0.4, 0.5) is 8.78 Å². The Hall–Kier alpha value is -1.86. The summed E-state index contributed by atoms with van der Waals surface area (Å²) in [4.78, 5) is 5.79. The van der Waals surface area contributed by atoms with Gasteiger partial charge in [-0.25, -0.2) is 8.78 Å². The van der Waals surface area contributed by atoms with Crippen molar-refractivity contribution >= 4 is 0 Å². The molecule has 0 aliphatic rings. The van der Waals surface area contributed by atoms with E-state index in [9.17, 15) is 8.78 Å². The van der Waals surface area contributed by atoms with Crippen molar-refractivity contribution in [3.05, 3.63) is 47.1 Å². The lowest BCUT2D eigenvalue weighted by molar-refractivity contribution is 0.232. The molecule has 1 heterocycles. The lowest BCUT2D eigenvalue weighted by Gasteiger charge is -2.24. The van der Waals surface area contributed by atoms with E-state index in [0.29, 0.717) is 18.3 Å². The lowest BCUT2D eigenvalue weighted by atomic mass is 10.1. The summed E-state index contributed by atoms with van der Waals surface area (Å²) in [5.41, 5.74) is 5.40. The number of rotatable bonds is 5. The molecule has 0 saturated carbocycles. The summed E-state index contributed by atoms with van der Waals surface area (Å²) in [6.07, 6.45) is 0. The summed E-state index contributed by atoms with van der Waals surface area (Å²) in [5.74, 6) is -0.380. The maximum atomic E-state index is 13.7. The summed E-state index contributed by atoms with van der Waals surface area (Å²) in [5, 5.41) is 3.75. The van der Waals surface area contributed by atoms with Gasteiger partial charge in [0.1, 0.15) is 11.6 Å². The second kappa shape index (κ2) is 6.06. The maximum Gasteiger partial charge on any atom is 0.240 e. The van der Waals surface area contributed by atoms with E-state index in [1.54, 1.807) is 18.9 Å². The first kappa shape index (κ1) is 14.5. The second-order valence-corrected chi connectivity index (χ2v) is 4.53. The third kappa shape index (κ3) is 3.00. The van der Waals surface area contributed by atoms with Crippen LogP contribution in [0.2, 0.25) is 0 Å². The fraction of sp³-hybridized carbons (Fsp3) is 0.385. The van der Waals surface area contributed by atoms with Crippen LogP contribution in [0.3, 0.4) is 0 Å². The highest BCUT2D eigenvalue weighted by molar-refractivity contribution is 5.22. The van der Waals surface area contributed by atoms with E-state index in [4.69, 9.17) is 10.3 Å². The van der Waals surface area contributed by atoms with Gasteiger partial charge >= 0.3 is 0 Å². The Morgan fingerprint density at radius 1 is 1.35 bits per heavy atom. The molecule has 1 aromatic carbocycles. The van der Waals surface area contributed by atoms with Gasteiger partial charge in [-0.15, -0.1) is 0 Å². The predicted octanol–water partition coefficient (Wildman–Crippen LogP) is 2.00. The third-order valence-electron chi connectivity index (χ3n) is 3.15. The number of hydrogen-bond acceptors (Lipinski definition) is 5. The molecular formula is C13H16F2N4O. The summed E-state index contributed by atoms with van der Waals surface area (Å²) in [6.45, 7) is 2.18. The highest BCUT2D eigenvalue weighted by atomic mass is 19.1. The van der Waals surface area contributed by atoms with Gasteiger partial charge in [0.05, 0.1) is 13.1 Å². The summed E-state index contributed by atoms with van der Waals surface area (Å²) in [6, 6.07) is 3.36. The zero-order valence-corrected chi connectivity index (χ0v) is 11.3. The lowest BCUT2D eigenvalue weighted by Crippen LogP contribution is -2.24. The number of nitrogens with zero attached hydrogens (tertiary/aromatic N) is 3. The molecule has 2 aromatic rings. The molecule has 1 atom stereocenters. The molecule has 0 spiro atoms. The fourth-order valence-electron chi connectivity index (χ4n) is 1.93. The van der Waals surface area contributed by atoms with E-state index >= 15 is 0 Å². The van der Waals surface area contributed by atoms with Crippen molar-refractivity contribution < 1.29 is 13.3 Å². The summed E-state index contributed by atoms with van der Waals surface area (Å²) in [7, 11) is 1.73. The van der Waals surface area contributed by atoms with Crippen LogP contribution in [0.1, 0.15) is 30.2 Å². The smallest absolute Gasteiger partial charge is 0.240 e.